The molecule has 2 atom stereocenters. The molecule has 7 nitrogen and oxygen atoms in total. The van der Waals surface area contributed by atoms with Gasteiger partial charge >= 0.3 is 5.97 Å². The summed E-state index contributed by atoms with van der Waals surface area (Å²) in [4.78, 5) is 14.7. The van der Waals surface area contributed by atoms with Crippen LogP contribution in [-0.2, 0) is 16.0 Å². The van der Waals surface area contributed by atoms with Crippen LogP contribution in [0.5, 0.6) is 11.5 Å². The monoisotopic (exact) mass is 464 g/mol. The van der Waals surface area contributed by atoms with Crippen LogP contribution in [0.15, 0.2) is 48.8 Å². The van der Waals surface area contributed by atoms with E-state index < -0.39 is 5.54 Å². The molecule has 2 aliphatic heterocycles. The van der Waals surface area contributed by atoms with E-state index in [1.54, 1.807) is 12.1 Å². The predicted molar refractivity (Wildman–Crippen MR) is 128 cm³/mol. The maximum absolute atomic E-state index is 13.5. The number of likely N-dealkylation sites (tertiary alicyclic amines) is 1. The molecule has 2 aromatic carbocycles. The van der Waals surface area contributed by atoms with E-state index in [0.29, 0.717) is 30.4 Å². The first-order valence-corrected chi connectivity index (χ1v) is 11.6. The van der Waals surface area contributed by atoms with Gasteiger partial charge in [-0.2, -0.15) is 5.10 Å². The van der Waals surface area contributed by atoms with Crippen molar-refractivity contribution in [3.05, 3.63) is 60.2 Å². The second kappa shape index (κ2) is 8.76. The van der Waals surface area contributed by atoms with Crippen LogP contribution >= 0.6 is 0 Å². The number of esters is 1. The number of aromatic nitrogens is 2. The molecule has 0 bridgehead atoms. The molecule has 3 heterocycles. The fraction of sp³-hybridized carbons (Fsp3) is 0.385. The lowest BCUT2D eigenvalue weighted by atomic mass is 9.86. The SMILES string of the molecule is COC(=O)[C@]1(C)CCc2c(ccc(-c3cnn(C4CCN(C)C4)c3)c2Oc2ccc(F)cc2)N1. The van der Waals surface area contributed by atoms with Crippen LogP contribution in [-0.4, -0.2) is 53.4 Å². The Hall–Kier alpha value is -3.39. The molecule has 34 heavy (non-hydrogen) atoms. The Bertz CT molecular complexity index is 1210. The van der Waals surface area contributed by atoms with E-state index in [2.05, 4.69) is 28.6 Å². The van der Waals surface area contributed by atoms with E-state index in [1.165, 1.54) is 19.2 Å². The second-order valence-corrected chi connectivity index (χ2v) is 9.39. The van der Waals surface area contributed by atoms with Gasteiger partial charge in [-0.1, -0.05) is 0 Å². The van der Waals surface area contributed by atoms with Crippen molar-refractivity contribution in [2.75, 3.05) is 32.6 Å². The highest BCUT2D eigenvalue weighted by molar-refractivity contribution is 5.87. The van der Waals surface area contributed by atoms with Gasteiger partial charge in [0.15, 0.2) is 0 Å². The van der Waals surface area contributed by atoms with Gasteiger partial charge in [0.25, 0.3) is 0 Å². The summed E-state index contributed by atoms with van der Waals surface area (Å²) < 4.78 is 26.9. The number of carbonyl (C=O) groups is 1. The van der Waals surface area contributed by atoms with E-state index in [-0.39, 0.29) is 11.8 Å². The molecule has 0 amide bonds. The number of hydrogen-bond donors (Lipinski definition) is 1. The quantitative estimate of drug-likeness (QED) is 0.555. The number of anilines is 1. The zero-order chi connectivity index (χ0) is 23.9. The lowest BCUT2D eigenvalue weighted by molar-refractivity contribution is -0.145. The minimum atomic E-state index is -0.810. The molecule has 178 valence electrons. The van der Waals surface area contributed by atoms with Gasteiger partial charge in [0.1, 0.15) is 22.9 Å². The molecule has 1 saturated heterocycles. The van der Waals surface area contributed by atoms with Gasteiger partial charge in [-0.25, -0.2) is 9.18 Å². The van der Waals surface area contributed by atoms with E-state index in [1.807, 2.05) is 29.9 Å². The lowest BCUT2D eigenvalue weighted by Gasteiger charge is -2.35. The minimum absolute atomic E-state index is 0.300. The van der Waals surface area contributed by atoms with Gasteiger partial charge in [0, 0.05) is 35.1 Å². The third-order valence-electron chi connectivity index (χ3n) is 6.87. The molecule has 8 heteroatoms. The van der Waals surface area contributed by atoms with Gasteiger partial charge in [-0.15, -0.1) is 0 Å². The smallest absolute Gasteiger partial charge is 0.331 e. The summed E-state index contributed by atoms with van der Waals surface area (Å²) in [7, 11) is 3.52. The summed E-state index contributed by atoms with van der Waals surface area (Å²) in [5.74, 6) is 0.612. The molecule has 1 aromatic heterocycles. The summed E-state index contributed by atoms with van der Waals surface area (Å²) in [6.07, 6.45) is 6.19. The number of fused-ring (bicyclic) bond motifs is 1. The molecular weight excluding hydrogens is 435 g/mol. The first-order valence-electron chi connectivity index (χ1n) is 11.6. The van der Waals surface area contributed by atoms with Crippen molar-refractivity contribution < 1.29 is 18.7 Å². The van der Waals surface area contributed by atoms with Gasteiger partial charge in [-0.3, -0.25) is 4.68 Å². The Balaban J connectivity index is 1.55. The van der Waals surface area contributed by atoms with Gasteiger partial charge in [0.2, 0.25) is 0 Å². The summed E-state index contributed by atoms with van der Waals surface area (Å²) >= 11 is 0. The molecule has 2 aliphatic rings. The lowest BCUT2D eigenvalue weighted by Crippen LogP contribution is -2.47. The average Bonchev–Trinajstić information content (AvgIpc) is 3.49. The third-order valence-corrected chi connectivity index (χ3v) is 6.87. The average molecular weight is 465 g/mol. The Labute approximate surface area is 198 Å². The van der Waals surface area contributed by atoms with Crippen LogP contribution < -0.4 is 10.1 Å². The number of nitrogens with one attached hydrogen (secondary N) is 1. The largest absolute Gasteiger partial charge is 0.467 e. The highest BCUT2D eigenvalue weighted by Crippen LogP contribution is 2.44. The molecule has 0 aliphatic carbocycles. The second-order valence-electron chi connectivity index (χ2n) is 9.39. The Kier molecular flexibility index (Phi) is 5.77. The normalized spacial score (nSPS) is 22.2. The number of halogens is 1. The van der Waals surface area contributed by atoms with Crippen LogP contribution in [0.25, 0.3) is 11.1 Å². The van der Waals surface area contributed by atoms with Crippen LogP contribution in [0.1, 0.15) is 31.4 Å². The molecule has 0 spiro atoms. The number of benzene rings is 2. The van der Waals surface area contributed by atoms with Crippen molar-refractivity contribution in [3.63, 3.8) is 0 Å². The van der Waals surface area contributed by atoms with E-state index in [0.717, 1.165) is 41.9 Å². The van der Waals surface area contributed by atoms with Gasteiger partial charge < -0.3 is 19.7 Å². The van der Waals surface area contributed by atoms with Crippen molar-refractivity contribution in [2.45, 2.75) is 37.8 Å². The summed E-state index contributed by atoms with van der Waals surface area (Å²) in [6, 6.07) is 10.3. The van der Waals surface area contributed by atoms with Crippen molar-refractivity contribution in [3.8, 4) is 22.6 Å². The highest BCUT2D eigenvalue weighted by Gasteiger charge is 2.39. The molecule has 1 N–H and O–H groups in total. The first-order chi connectivity index (χ1) is 16.4. The predicted octanol–water partition coefficient (Wildman–Crippen LogP) is 4.65. The topological polar surface area (TPSA) is 68.6 Å². The molecule has 5 rings (SSSR count). The van der Waals surface area contributed by atoms with E-state index in [9.17, 15) is 9.18 Å². The standard InChI is InChI=1S/C26H29FN4O3/c1-26(25(32)33-3)12-10-22-23(29-26)9-8-21(24(22)34-20-6-4-18(27)5-7-20)17-14-28-31(15-17)19-11-13-30(2)16-19/h4-9,14-15,19,29H,10-13,16H2,1-3H3/t19?,26-/m0/s1. The zero-order valence-electron chi connectivity index (χ0n) is 19.7. The molecular formula is C26H29FN4O3. The molecule has 0 saturated carbocycles. The fourth-order valence-electron chi connectivity index (χ4n) is 4.88. The summed E-state index contributed by atoms with van der Waals surface area (Å²) in [5, 5.41) is 8.00. The summed E-state index contributed by atoms with van der Waals surface area (Å²) in [5.41, 5.74) is 2.84. The van der Waals surface area contributed by atoms with E-state index >= 15 is 0 Å². The zero-order valence-corrected chi connectivity index (χ0v) is 19.7. The van der Waals surface area contributed by atoms with Crippen molar-refractivity contribution >= 4 is 11.7 Å². The number of ether oxygens (including phenoxy) is 2. The van der Waals surface area contributed by atoms with Crippen molar-refractivity contribution in [1.82, 2.24) is 14.7 Å². The summed E-state index contributed by atoms with van der Waals surface area (Å²) in [6.45, 7) is 3.88. The Morgan fingerprint density at radius 3 is 2.74 bits per heavy atom. The Morgan fingerprint density at radius 2 is 2.03 bits per heavy atom. The number of methoxy groups -OCH3 is 1. The van der Waals surface area contributed by atoms with Crippen molar-refractivity contribution in [1.29, 1.82) is 0 Å². The molecule has 0 radical (unpaired) electrons. The molecule has 1 fully saturated rings. The van der Waals surface area contributed by atoms with Crippen LogP contribution in [0, 0.1) is 5.82 Å². The third kappa shape index (κ3) is 4.14. The number of hydrogen-bond acceptors (Lipinski definition) is 6. The number of carbonyl (C=O) groups excluding carboxylic acids is 1. The highest BCUT2D eigenvalue weighted by atomic mass is 19.1. The van der Waals surface area contributed by atoms with E-state index in [4.69, 9.17) is 9.47 Å². The number of rotatable bonds is 5. The van der Waals surface area contributed by atoms with Crippen LogP contribution in [0.4, 0.5) is 10.1 Å². The fourth-order valence-corrected chi connectivity index (χ4v) is 4.88. The number of nitrogens with zero attached hydrogens (tertiary/aromatic N) is 3. The number of likely N-dealkylation sites (N-methyl/N-ethyl adjacent to an activating group) is 1. The maximum Gasteiger partial charge on any atom is 0.331 e. The Morgan fingerprint density at radius 1 is 1.24 bits per heavy atom. The first kappa shape index (κ1) is 22.4. The molecule has 1 unspecified atom stereocenters. The molecule has 3 aromatic rings. The van der Waals surface area contributed by atoms with Gasteiger partial charge in [-0.05, 0) is 76.2 Å². The van der Waals surface area contributed by atoms with Crippen LogP contribution in [0.3, 0.4) is 0 Å². The van der Waals surface area contributed by atoms with Gasteiger partial charge in [0.05, 0.1) is 19.3 Å². The minimum Gasteiger partial charge on any atom is -0.467 e. The maximum atomic E-state index is 13.5. The van der Waals surface area contributed by atoms with Crippen molar-refractivity contribution in [2.24, 2.45) is 0 Å². The van der Waals surface area contributed by atoms with Crippen LogP contribution in [0.2, 0.25) is 0 Å².